The van der Waals surface area contributed by atoms with E-state index in [0.29, 0.717) is 10.4 Å². The molecule has 3 aromatic rings. The number of amides is 1. The molecule has 7 nitrogen and oxygen atoms in total. The summed E-state index contributed by atoms with van der Waals surface area (Å²) in [5, 5.41) is 10.1. The van der Waals surface area contributed by atoms with Crippen molar-refractivity contribution in [2.75, 3.05) is 5.32 Å². The van der Waals surface area contributed by atoms with Crippen LogP contribution in [0.3, 0.4) is 0 Å². The van der Waals surface area contributed by atoms with Gasteiger partial charge in [0.2, 0.25) is 0 Å². The summed E-state index contributed by atoms with van der Waals surface area (Å²) in [5.41, 5.74) is 2.37. The smallest absolute Gasteiger partial charge is 0.408 e. The monoisotopic (exact) mass is 393 g/mol. The molecule has 0 saturated carbocycles. The number of alkyl halides is 3. The van der Waals surface area contributed by atoms with E-state index in [9.17, 15) is 18.0 Å². The van der Waals surface area contributed by atoms with Gasteiger partial charge in [0.05, 0.1) is 11.9 Å². The third kappa shape index (κ3) is 5.12. The lowest BCUT2D eigenvalue weighted by molar-refractivity contribution is -0.142. The molecule has 10 heteroatoms. The molecule has 0 unspecified atom stereocenters. The van der Waals surface area contributed by atoms with E-state index in [1.807, 2.05) is 32.0 Å². The number of rotatable bonds is 6. The molecule has 3 rings (SSSR count). The van der Waals surface area contributed by atoms with Crippen molar-refractivity contribution in [1.82, 2.24) is 19.6 Å². The van der Waals surface area contributed by atoms with Crippen molar-refractivity contribution in [2.45, 2.75) is 33.3 Å². The van der Waals surface area contributed by atoms with E-state index in [0.717, 1.165) is 23.5 Å². The number of aryl methyl sites for hydroxylation is 2. The molecule has 148 valence electrons. The number of carbonyl (C=O) groups excluding carboxylic acids is 1. The van der Waals surface area contributed by atoms with Gasteiger partial charge in [-0.15, -0.1) is 0 Å². The fraction of sp³-hybridized carbons (Fsp3) is 0.278. The molecule has 0 radical (unpaired) electrons. The third-order valence-corrected chi connectivity index (χ3v) is 3.79. The zero-order valence-electron chi connectivity index (χ0n) is 15.2. The quantitative estimate of drug-likeness (QED) is 0.695. The van der Waals surface area contributed by atoms with Crippen LogP contribution in [0.5, 0.6) is 5.75 Å². The van der Waals surface area contributed by atoms with Crippen molar-refractivity contribution in [3.8, 4) is 5.75 Å². The fourth-order valence-corrected chi connectivity index (χ4v) is 2.55. The van der Waals surface area contributed by atoms with Gasteiger partial charge in [0.15, 0.2) is 12.4 Å². The Morgan fingerprint density at radius 3 is 2.71 bits per heavy atom. The molecular formula is C18H18F3N5O2. The summed E-state index contributed by atoms with van der Waals surface area (Å²) in [6.07, 6.45) is -0.567. The number of carbonyl (C=O) groups is 1. The van der Waals surface area contributed by atoms with Crippen molar-refractivity contribution in [2.24, 2.45) is 0 Å². The number of nitrogens with zero attached hydrogens (tertiary/aromatic N) is 4. The standard InChI is InChI=1S/C18H18F3N5O2/c1-12-3-4-16(13(2)7-12)28-11-25-6-5-15(24-25)17(27)23-14-8-22-26(9-14)10-18(19,20)21/h3-9H,10-11H2,1-2H3,(H,23,27). The Balaban J connectivity index is 1.58. The van der Waals surface area contributed by atoms with E-state index in [4.69, 9.17) is 4.74 Å². The lowest BCUT2D eigenvalue weighted by atomic mass is 10.1. The van der Waals surface area contributed by atoms with Gasteiger partial charge in [-0.3, -0.25) is 9.48 Å². The molecule has 0 atom stereocenters. The van der Waals surface area contributed by atoms with Crippen molar-refractivity contribution in [3.63, 3.8) is 0 Å². The minimum atomic E-state index is -4.39. The van der Waals surface area contributed by atoms with Crippen LogP contribution in [-0.2, 0) is 13.3 Å². The minimum Gasteiger partial charge on any atom is -0.471 e. The van der Waals surface area contributed by atoms with E-state index in [-0.39, 0.29) is 18.1 Å². The van der Waals surface area contributed by atoms with Gasteiger partial charge in [0.25, 0.3) is 5.91 Å². The first kappa shape index (κ1) is 19.5. The van der Waals surface area contributed by atoms with E-state index in [2.05, 4.69) is 15.5 Å². The number of ether oxygens (including phenoxy) is 1. The molecule has 0 aliphatic heterocycles. The number of anilines is 1. The number of hydrogen-bond donors (Lipinski definition) is 1. The van der Waals surface area contributed by atoms with E-state index >= 15 is 0 Å². The van der Waals surface area contributed by atoms with Gasteiger partial charge in [-0.1, -0.05) is 17.7 Å². The van der Waals surface area contributed by atoms with Crippen LogP contribution in [0.15, 0.2) is 42.9 Å². The number of aromatic nitrogens is 4. The maximum Gasteiger partial charge on any atom is 0.408 e. The van der Waals surface area contributed by atoms with Crippen molar-refractivity contribution < 1.29 is 22.7 Å². The molecule has 0 aliphatic carbocycles. The normalized spacial score (nSPS) is 11.5. The topological polar surface area (TPSA) is 74.0 Å². The minimum absolute atomic E-state index is 0.104. The van der Waals surface area contributed by atoms with Gasteiger partial charge < -0.3 is 10.1 Å². The lowest BCUT2D eigenvalue weighted by Gasteiger charge is -2.09. The Hall–Kier alpha value is -3.30. The summed E-state index contributed by atoms with van der Waals surface area (Å²) in [6, 6.07) is 7.28. The van der Waals surface area contributed by atoms with Gasteiger partial charge in [0, 0.05) is 12.4 Å². The second-order valence-corrected chi connectivity index (χ2v) is 6.28. The Bertz CT molecular complexity index is 978. The van der Waals surface area contributed by atoms with Crippen LogP contribution < -0.4 is 10.1 Å². The van der Waals surface area contributed by atoms with Crippen LogP contribution in [0.2, 0.25) is 0 Å². The summed E-state index contributed by atoms with van der Waals surface area (Å²) < 4.78 is 44.9. The Morgan fingerprint density at radius 2 is 2.00 bits per heavy atom. The first-order chi connectivity index (χ1) is 13.2. The zero-order chi connectivity index (χ0) is 20.3. The molecule has 1 aromatic carbocycles. The molecule has 1 amide bonds. The van der Waals surface area contributed by atoms with Crippen molar-refractivity contribution in [1.29, 1.82) is 0 Å². The SMILES string of the molecule is Cc1ccc(OCn2ccc(C(=O)Nc3cnn(CC(F)(F)F)c3)n2)c(C)c1. The molecule has 0 spiro atoms. The van der Waals surface area contributed by atoms with Crippen molar-refractivity contribution >= 4 is 11.6 Å². The maximum atomic E-state index is 12.3. The predicted octanol–water partition coefficient (Wildman–Crippen LogP) is 3.55. The van der Waals surface area contributed by atoms with Crippen LogP contribution >= 0.6 is 0 Å². The molecule has 0 saturated heterocycles. The molecule has 1 N–H and O–H groups in total. The van der Waals surface area contributed by atoms with E-state index < -0.39 is 18.6 Å². The first-order valence-electron chi connectivity index (χ1n) is 8.34. The van der Waals surface area contributed by atoms with Crippen LogP contribution in [0, 0.1) is 13.8 Å². The molecule has 2 aromatic heterocycles. The third-order valence-electron chi connectivity index (χ3n) is 3.79. The molecule has 0 bridgehead atoms. The highest BCUT2D eigenvalue weighted by molar-refractivity contribution is 6.02. The van der Waals surface area contributed by atoms with E-state index in [1.165, 1.54) is 10.7 Å². The maximum absolute atomic E-state index is 12.3. The Kier molecular flexibility index (Phi) is 5.39. The summed E-state index contributed by atoms with van der Waals surface area (Å²) in [4.78, 5) is 12.2. The molecule has 28 heavy (non-hydrogen) atoms. The van der Waals surface area contributed by atoms with Gasteiger partial charge in [-0.05, 0) is 31.5 Å². The van der Waals surface area contributed by atoms with Crippen LogP contribution in [0.1, 0.15) is 21.6 Å². The Morgan fingerprint density at radius 1 is 1.21 bits per heavy atom. The van der Waals surface area contributed by atoms with Crippen LogP contribution in [0.25, 0.3) is 0 Å². The summed E-state index contributed by atoms with van der Waals surface area (Å²) in [5.74, 6) is 0.154. The number of hydrogen-bond acceptors (Lipinski definition) is 4. The highest BCUT2D eigenvalue weighted by Crippen LogP contribution is 2.20. The van der Waals surface area contributed by atoms with Gasteiger partial charge in [-0.2, -0.15) is 23.4 Å². The second-order valence-electron chi connectivity index (χ2n) is 6.28. The summed E-state index contributed by atoms with van der Waals surface area (Å²) in [7, 11) is 0. The summed E-state index contributed by atoms with van der Waals surface area (Å²) >= 11 is 0. The summed E-state index contributed by atoms with van der Waals surface area (Å²) in [6.45, 7) is 2.80. The van der Waals surface area contributed by atoms with Crippen LogP contribution in [0.4, 0.5) is 18.9 Å². The average molecular weight is 393 g/mol. The van der Waals surface area contributed by atoms with Gasteiger partial charge in [0.1, 0.15) is 12.3 Å². The highest BCUT2D eigenvalue weighted by atomic mass is 19.4. The molecule has 0 fully saturated rings. The van der Waals surface area contributed by atoms with Gasteiger partial charge in [-0.25, -0.2) is 4.68 Å². The molecule has 0 aliphatic rings. The predicted molar refractivity (Wildman–Crippen MR) is 95.0 cm³/mol. The lowest BCUT2D eigenvalue weighted by Crippen LogP contribution is -2.18. The van der Waals surface area contributed by atoms with Gasteiger partial charge >= 0.3 is 6.18 Å². The average Bonchev–Trinajstić information content (AvgIpc) is 3.22. The number of halogens is 3. The number of nitrogens with one attached hydrogen (secondary N) is 1. The van der Waals surface area contributed by atoms with Crippen molar-refractivity contribution in [3.05, 3.63) is 59.7 Å². The Labute approximate surface area is 158 Å². The zero-order valence-corrected chi connectivity index (χ0v) is 15.2. The second kappa shape index (κ2) is 7.75. The largest absolute Gasteiger partial charge is 0.471 e. The molecule has 2 heterocycles. The van der Waals surface area contributed by atoms with Crippen LogP contribution in [-0.4, -0.2) is 31.6 Å². The first-order valence-corrected chi connectivity index (χ1v) is 8.34. The number of benzene rings is 1. The molecular weight excluding hydrogens is 375 g/mol. The van der Waals surface area contributed by atoms with E-state index in [1.54, 1.807) is 6.20 Å². The fourth-order valence-electron chi connectivity index (χ4n) is 2.55. The highest BCUT2D eigenvalue weighted by Gasteiger charge is 2.28.